The maximum atomic E-state index is 2.35. The van der Waals surface area contributed by atoms with E-state index in [1.807, 2.05) is 0 Å². The summed E-state index contributed by atoms with van der Waals surface area (Å²) in [6.45, 7) is 4.68. The number of hydrogen-bond donors (Lipinski definition) is 0. The number of amidine groups is 1. The zero-order valence-electron chi connectivity index (χ0n) is 7.22. The maximum absolute atomic E-state index is 2.35. The quantitative estimate of drug-likeness (QED) is 0.489. The molecule has 0 atom stereocenters. The van der Waals surface area contributed by atoms with Crippen LogP contribution >= 0.6 is 0 Å². The molecule has 0 amide bonds. The molecule has 0 spiro atoms. The van der Waals surface area contributed by atoms with E-state index in [9.17, 15) is 0 Å². The van der Waals surface area contributed by atoms with Gasteiger partial charge in [-0.05, 0) is 0 Å². The van der Waals surface area contributed by atoms with Gasteiger partial charge in [-0.2, -0.15) is 0 Å². The van der Waals surface area contributed by atoms with Gasteiger partial charge in [-0.15, -0.1) is 0 Å². The van der Waals surface area contributed by atoms with Crippen molar-refractivity contribution in [3.05, 3.63) is 0 Å². The van der Waals surface area contributed by atoms with Gasteiger partial charge in [0, 0.05) is 12.8 Å². The van der Waals surface area contributed by atoms with Crippen molar-refractivity contribution in [1.29, 1.82) is 0 Å². The molecule has 1 rings (SSSR count). The largest absolute Gasteiger partial charge is 0.268 e. The third kappa shape index (κ3) is 1.31. The molecule has 1 aliphatic rings. The van der Waals surface area contributed by atoms with Crippen molar-refractivity contribution in [3.63, 3.8) is 0 Å². The highest BCUT2D eigenvalue weighted by atomic mass is 15.2. The van der Waals surface area contributed by atoms with E-state index < -0.39 is 0 Å². The molecule has 0 saturated heterocycles. The molecule has 0 bridgehead atoms. The van der Waals surface area contributed by atoms with Crippen molar-refractivity contribution in [2.75, 3.05) is 27.2 Å². The van der Waals surface area contributed by atoms with Gasteiger partial charge < -0.3 is 0 Å². The summed E-state index contributed by atoms with van der Waals surface area (Å²) in [5.41, 5.74) is 0. The van der Waals surface area contributed by atoms with Gasteiger partial charge in [0.2, 0.25) is 5.84 Å². The molecule has 0 N–H and O–H groups in total. The number of nitrogens with zero attached hydrogens (tertiary/aromatic N) is 2. The maximum Gasteiger partial charge on any atom is 0.246 e. The van der Waals surface area contributed by atoms with Crippen molar-refractivity contribution >= 4 is 5.84 Å². The Morgan fingerprint density at radius 2 is 2.30 bits per heavy atom. The average Bonchev–Trinajstić information content (AvgIpc) is 1.88. The van der Waals surface area contributed by atoms with Crippen LogP contribution in [0.5, 0.6) is 0 Å². The summed E-state index contributed by atoms with van der Waals surface area (Å²) in [6, 6.07) is 0. The Kier molecular flexibility index (Phi) is 2.30. The number of hydrogen-bond acceptors (Lipinski definition) is 1. The Hall–Kier alpha value is -0.530. The van der Waals surface area contributed by atoms with Crippen molar-refractivity contribution in [1.82, 2.24) is 4.90 Å². The molecule has 2 heteroatoms. The van der Waals surface area contributed by atoms with E-state index in [1.165, 1.54) is 25.3 Å². The van der Waals surface area contributed by atoms with E-state index >= 15 is 0 Å². The zero-order chi connectivity index (χ0) is 7.56. The molecular formula is C8H17N2+. The first kappa shape index (κ1) is 7.58. The number of rotatable bonds is 1. The highest BCUT2D eigenvalue weighted by Gasteiger charge is 2.18. The van der Waals surface area contributed by atoms with Crippen molar-refractivity contribution in [2.45, 2.75) is 19.8 Å². The van der Waals surface area contributed by atoms with Crippen LogP contribution in [0.1, 0.15) is 19.8 Å². The highest BCUT2D eigenvalue weighted by molar-refractivity contribution is 5.77. The van der Waals surface area contributed by atoms with Crippen molar-refractivity contribution < 1.29 is 4.58 Å². The molecule has 0 aromatic rings. The summed E-state index contributed by atoms with van der Waals surface area (Å²) in [4.78, 5) is 2.35. The second-order valence-corrected chi connectivity index (χ2v) is 2.97. The lowest BCUT2D eigenvalue weighted by Gasteiger charge is -2.21. The summed E-state index contributed by atoms with van der Waals surface area (Å²) in [6.07, 6.45) is 2.46. The molecule has 0 fully saturated rings. The lowest BCUT2D eigenvalue weighted by Crippen LogP contribution is -2.39. The molecule has 10 heavy (non-hydrogen) atoms. The SMILES string of the molecule is CCC1=[N+](C)CCCN1C. The summed E-state index contributed by atoms with van der Waals surface area (Å²) in [5, 5.41) is 0. The van der Waals surface area contributed by atoms with E-state index in [2.05, 4.69) is 30.5 Å². The van der Waals surface area contributed by atoms with Crippen LogP contribution in [-0.2, 0) is 0 Å². The highest BCUT2D eigenvalue weighted by Crippen LogP contribution is 2.00. The summed E-state index contributed by atoms with van der Waals surface area (Å²) < 4.78 is 2.35. The monoisotopic (exact) mass is 141 g/mol. The van der Waals surface area contributed by atoms with Crippen LogP contribution in [-0.4, -0.2) is 42.5 Å². The third-order valence-electron chi connectivity index (χ3n) is 2.18. The predicted octanol–water partition coefficient (Wildman–Crippen LogP) is 0.773. The molecule has 0 aliphatic carbocycles. The van der Waals surface area contributed by atoms with E-state index in [0.717, 1.165) is 6.42 Å². The lowest BCUT2D eigenvalue weighted by molar-refractivity contribution is -0.509. The Morgan fingerprint density at radius 3 is 2.70 bits per heavy atom. The smallest absolute Gasteiger partial charge is 0.246 e. The first-order valence-corrected chi connectivity index (χ1v) is 4.03. The van der Waals surface area contributed by atoms with Crippen LogP contribution in [0.25, 0.3) is 0 Å². The Morgan fingerprint density at radius 1 is 1.60 bits per heavy atom. The fourth-order valence-electron chi connectivity index (χ4n) is 1.63. The lowest BCUT2D eigenvalue weighted by atomic mass is 10.2. The van der Waals surface area contributed by atoms with Gasteiger partial charge in [0.15, 0.2) is 0 Å². The second kappa shape index (κ2) is 3.04. The molecular weight excluding hydrogens is 124 g/mol. The molecule has 2 nitrogen and oxygen atoms in total. The van der Waals surface area contributed by atoms with Crippen LogP contribution in [0.4, 0.5) is 0 Å². The minimum absolute atomic E-state index is 1.16. The first-order valence-electron chi connectivity index (χ1n) is 4.03. The molecule has 0 radical (unpaired) electrons. The van der Waals surface area contributed by atoms with Crippen LogP contribution < -0.4 is 0 Å². The predicted molar refractivity (Wildman–Crippen MR) is 43.6 cm³/mol. The normalized spacial score (nSPS) is 20.1. The standard InChI is InChI=1S/C8H17N2/c1-4-8-9(2)6-5-7-10(8)3/h4-7H2,1-3H3/q+1. The molecule has 58 valence electrons. The topological polar surface area (TPSA) is 6.25 Å². The molecule has 0 aromatic heterocycles. The fourth-order valence-corrected chi connectivity index (χ4v) is 1.63. The van der Waals surface area contributed by atoms with Gasteiger partial charge >= 0.3 is 0 Å². The van der Waals surface area contributed by atoms with Gasteiger partial charge in [0.1, 0.15) is 0 Å². The van der Waals surface area contributed by atoms with Gasteiger partial charge in [-0.1, -0.05) is 6.92 Å². The Labute approximate surface area is 63.2 Å². The van der Waals surface area contributed by atoms with Crippen LogP contribution in [0.2, 0.25) is 0 Å². The van der Waals surface area contributed by atoms with Crippen LogP contribution in [0.15, 0.2) is 0 Å². The summed E-state index contributed by atoms with van der Waals surface area (Å²) in [7, 11) is 4.35. The van der Waals surface area contributed by atoms with Gasteiger partial charge in [-0.3, -0.25) is 9.48 Å². The van der Waals surface area contributed by atoms with Gasteiger partial charge in [0.05, 0.1) is 27.2 Å². The fraction of sp³-hybridized carbons (Fsp3) is 0.875. The third-order valence-corrected chi connectivity index (χ3v) is 2.18. The van der Waals surface area contributed by atoms with E-state index in [0.29, 0.717) is 0 Å². The van der Waals surface area contributed by atoms with E-state index in [-0.39, 0.29) is 0 Å². The average molecular weight is 141 g/mol. The minimum atomic E-state index is 1.16. The minimum Gasteiger partial charge on any atom is -0.268 e. The molecule has 1 aliphatic heterocycles. The summed E-state index contributed by atoms with van der Waals surface area (Å²) in [5.74, 6) is 1.48. The molecule has 0 saturated carbocycles. The van der Waals surface area contributed by atoms with E-state index in [1.54, 1.807) is 0 Å². The van der Waals surface area contributed by atoms with Gasteiger partial charge in [-0.25, -0.2) is 0 Å². The van der Waals surface area contributed by atoms with Crippen molar-refractivity contribution in [2.24, 2.45) is 0 Å². The van der Waals surface area contributed by atoms with Crippen LogP contribution in [0.3, 0.4) is 0 Å². The van der Waals surface area contributed by atoms with Crippen LogP contribution in [0, 0.1) is 0 Å². The molecule has 0 aromatic carbocycles. The first-order chi connectivity index (χ1) is 4.75. The molecule has 1 heterocycles. The molecule has 0 unspecified atom stereocenters. The zero-order valence-corrected chi connectivity index (χ0v) is 7.22. The van der Waals surface area contributed by atoms with E-state index in [4.69, 9.17) is 0 Å². The van der Waals surface area contributed by atoms with Gasteiger partial charge in [0.25, 0.3) is 0 Å². The second-order valence-electron chi connectivity index (χ2n) is 2.97. The summed E-state index contributed by atoms with van der Waals surface area (Å²) >= 11 is 0. The Bertz CT molecular complexity index is 149. The van der Waals surface area contributed by atoms with Crippen molar-refractivity contribution in [3.8, 4) is 0 Å². The Balaban J connectivity index is 2.73.